The molecule has 2 rings (SSSR count). The smallest absolute Gasteiger partial charge is 0.129 e. The molecule has 0 fully saturated rings. The number of aliphatic hydroxyl groups excluding tert-OH is 1. The molecule has 1 aromatic carbocycles. The summed E-state index contributed by atoms with van der Waals surface area (Å²) in [5.41, 5.74) is 1.19. The van der Waals surface area contributed by atoms with Crippen LogP contribution in [0.3, 0.4) is 0 Å². The van der Waals surface area contributed by atoms with E-state index in [4.69, 9.17) is 16.7 Å². The summed E-state index contributed by atoms with van der Waals surface area (Å²) in [7, 11) is 0. The highest BCUT2D eigenvalue weighted by Gasteiger charge is 2.05. The zero-order valence-electron chi connectivity index (χ0n) is 8.58. The Balaban J connectivity index is 2.56. The molecule has 0 atom stereocenters. The topological polar surface area (TPSA) is 33.1 Å². The van der Waals surface area contributed by atoms with Gasteiger partial charge in [0.15, 0.2) is 0 Å². The fourth-order valence-electron chi connectivity index (χ4n) is 1.73. The average molecular weight is 301 g/mol. The molecular weight excluding hydrogens is 289 g/mol. The molecule has 1 N–H and O–H groups in total. The number of aromatic nitrogens is 1. The molecule has 16 heavy (non-hydrogen) atoms. The molecule has 4 heteroatoms. The van der Waals surface area contributed by atoms with Gasteiger partial charge in [-0.05, 0) is 35.9 Å². The summed E-state index contributed by atoms with van der Waals surface area (Å²) < 4.78 is 1.01. The molecule has 0 aliphatic rings. The first-order valence-corrected chi connectivity index (χ1v) is 6.23. The molecule has 0 unspecified atom stereocenters. The molecule has 0 spiro atoms. The van der Waals surface area contributed by atoms with Crippen LogP contribution in [0.2, 0.25) is 5.15 Å². The van der Waals surface area contributed by atoms with Crippen molar-refractivity contribution in [2.45, 2.75) is 12.8 Å². The van der Waals surface area contributed by atoms with Gasteiger partial charge < -0.3 is 5.11 Å². The molecule has 0 aliphatic heterocycles. The lowest BCUT2D eigenvalue weighted by Gasteiger charge is -2.07. The monoisotopic (exact) mass is 299 g/mol. The maximum absolute atomic E-state index is 8.86. The third-order valence-corrected chi connectivity index (χ3v) is 3.41. The van der Waals surface area contributed by atoms with E-state index in [-0.39, 0.29) is 6.61 Å². The van der Waals surface area contributed by atoms with E-state index in [1.807, 2.05) is 12.1 Å². The fraction of sp³-hybridized carbons (Fsp3) is 0.250. The number of pyridine rings is 1. The van der Waals surface area contributed by atoms with Crippen molar-refractivity contribution in [3.05, 3.63) is 39.6 Å². The van der Waals surface area contributed by atoms with Crippen LogP contribution in [0, 0.1) is 0 Å². The summed E-state index contributed by atoms with van der Waals surface area (Å²) in [6, 6.07) is 5.93. The van der Waals surface area contributed by atoms with Crippen LogP contribution in [0.15, 0.2) is 28.9 Å². The Hall–Kier alpha value is -0.640. The predicted octanol–water partition coefficient (Wildman–Crippen LogP) is 3.58. The lowest BCUT2D eigenvalue weighted by atomic mass is 10.0. The maximum atomic E-state index is 8.86. The van der Waals surface area contributed by atoms with Crippen molar-refractivity contribution >= 4 is 38.3 Å². The Morgan fingerprint density at radius 2 is 2.12 bits per heavy atom. The quantitative estimate of drug-likeness (QED) is 0.879. The van der Waals surface area contributed by atoms with Crippen LogP contribution in [0.4, 0.5) is 0 Å². The lowest BCUT2D eigenvalue weighted by Crippen LogP contribution is -1.92. The van der Waals surface area contributed by atoms with Gasteiger partial charge >= 0.3 is 0 Å². The van der Waals surface area contributed by atoms with Crippen LogP contribution in [0.25, 0.3) is 10.8 Å². The Morgan fingerprint density at radius 3 is 2.88 bits per heavy atom. The van der Waals surface area contributed by atoms with Gasteiger partial charge in [-0.2, -0.15) is 0 Å². The molecule has 1 aromatic heterocycles. The van der Waals surface area contributed by atoms with E-state index in [9.17, 15) is 0 Å². The number of aryl methyl sites for hydroxylation is 1. The molecular formula is C12H11BrClNO. The van der Waals surface area contributed by atoms with Crippen molar-refractivity contribution in [2.75, 3.05) is 6.61 Å². The van der Waals surface area contributed by atoms with E-state index in [1.165, 1.54) is 5.56 Å². The first kappa shape index (κ1) is 11.8. The SMILES string of the molecule is OCCCc1ccc(Br)c2cnc(Cl)cc12. The van der Waals surface area contributed by atoms with Crippen molar-refractivity contribution < 1.29 is 5.11 Å². The normalized spacial score (nSPS) is 10.9. The minimum absolute atomic E-state index is 0.205. The summed E-state index contributed by atoms with van der Waals surface area (Å²) in [6.07, 6.45) is 3.38. The Bertz CT molecular complexity index is 516. The summed E-state index contributed by atoms with van der Waals surface area (Å²) in [5.74, 6) is 0. The highest BCUT2D eigenvalue weighted by Crippen LogP contribution is 2.28. The molecule has 84 valence electrons. The Morgan fingerprint density at radius 1 is 1.31 bits per heavy atom. The second-order valence-electron chi connectivity index (χ2n) is 3.59. The lowest BCUT2D eigenvalue weighted by molar-refractivity contribution is 0.289. The van der Waals surface area contributed by atoms with E-state index in [2.05, 4.69) is 27.0 Å². The molecule has 0 radical (unpaired) electrons. The molecule has 0 saturated carbocycles. The third-order valence-electron chi connectivity index (χ3n) is 2.51. The Kier molecular flexibility index (Phi) is 3.79. The van der Waals surface area contributed by atoms with Gasteiger partial charge in [0.2, 0.25) is 0 Å². The second-order valence-corrected chi connectivity index (χ2v) is 4.83. The van der Waals surface area contributed by atoms with Gasteiger partial charge in [-0.3, -0.25) is 0 Å². The standard InChI is InChI=1S/C12H11BrClNO/c13-11-4-3-8(2-1-5-16)9-6-12(14)15-7-10(9)11/h3-4,6-7,16H,1-2,5H2. The number of halogens is 2. The minimum Gasteiger partial charge on any atom is -0.396 e. The summed E-state index contributed by atoms with van der Waals surface area (Å²) >= 11 is 9.39. The van der Waals surface area contributed by atoms with Crippen LogP contribution >= 0.6 is 27.5 Å². The van der Waals surface area contributed by atoms with E-state index < -0.39 is 0 Å². The van der Waals surface area contributed by atoms with Crippen molar-refractivity contribution in [2.24, 2.45) is 0 Å². The van der Waals surface area contributed by atoms with Crippen LogP contribution in [-0.4, -0.2) is 16.7 Å². The number of hydrogen-bond donors (Lipinski definition) is 1. The number of fused-ring (bicyclic) bond motifs is 1. The molecule has 2 nitrogen and oxygen atoms in total. The Labute approximate surface area is 107 Å². The van der Waals surface area contributed by atoms with Crippen molar-refractivity contribution in [3.8, 4) is 0 Å². The highest BCUT2D eigenvalue weighted by molar-refractivity contribution is 9.10. The van der Waals surface area contributed by atoms with Crippen LogP contribution in [0.1, 0.15) is 12.0 Å². The molecule has 2 aromatic rings. The van der Waals surface area contributed by atoms with Crippen molar-refractivity contribution in [1.29, 1.82) is 0 Å². The molecule has 0 amide bonds. The number of hydrogen-bond acceptors (Lipinski definition) is 2. The number of aliphatic hydroxyl groups is 1. The van der Waals surface area contributed by atoms with Gasteiger partial charge in [0.25, 0.3) is 0 Å². The minimum atomic E-state index is 0.205. The van der Waals surface area contributed by atoms with Crippen LogP contribution in [-0.2, 0) is 6.42 Å². The van der Waals surface area contributed by atoms with E-state index >= 15 is 0 Å². The van der Waals surface area contributed by atoms with Crippen molar-refractivity contribution in [3.63, 3.8) is 0 Å². The van der Waals surface area contributed by atoms with Gasteiger partial charge in [-0.1, -0.05) is 33.6 Å². The summed E-state index contributed by atoms with van der Waals surface area (Å²) in [4.78, 5) is 4.08. The predicted molar refractivity (Wildman–Crippen MR) is 69.9 cm³/mol. The number of benzene rings is 1. The largest absolute Gasteiger partial charge is 0.396 e. The third kappa shape index (κ3) is 2.37. The number of nitrogens with zero attached hydrogens (tertiary/aromatic N) is 1. The molecule has 1 heterocycles. The zero-order valence-corrected chi connectivity index (χ0v) is 10.9. The van der Waals surface area contributed by atoms with Gasteiger partial charge in [0, 0.05) is 22.7 Å². The zero-order chi connectivity index (χ0) is 11.5. The van der Waals surface area contributed by atoms with Gasteiger partial charge in [0.1, 0.15) is 5.15 Å². The number of rotatable bonds is 3. The van der Waals surface area contributed by atoms with Crippen molar-refractivity contribution in [1.82, 2.24) is 4.98 Å². The first-order chi connectivity index (χ1) is 7.72. The first-order valence-electron chi connectivity index (χ1n) is 5.06. The molecule has 0 saturated heterocycles. The highest BCUT2D eigenvalue weighted by atomic mass is 79.9. The van der Waals surface area contributed by atoms with Gasteiger partial charge in [0.05, 0.1) is 0 Å². The summed E-state index contributed by atoms with van der Waals surface area (Å²) in [6.45, 7) is 0.205. The maximum Gasteiger partial charge on any atom is 0.129 e. The van der Waals surface area contributed by atoms with Gasteiger partial charge in [-0.25, -0.2) is 4.98 Å². The van der Waals surface area contributed by atoms with Crippen LogP contribution in [0.5, 0.6) is 0 Å². The van der Waals surface area contributed by atoms with Gasteiger partial charge in [-0.15, -0.1) is 0 Å². The van der Waals surface area contributed by atoms with E-state index in [0.717, 1.165) is 28.1 Å². The summed E-state index contributed by atoms with van der Waals surface area (Å²) in [5, 5.41) is 11.5. The average Bonchev–Trinajstić information content (AvgIpc) is 2.28. The van der Waals surface area contributed by atoms with E-state index in [0.29, 0.717) is 5.15 Å². The fourth-order valence-corrected chi connectivity index (χ4v) is 2.33. The second kappa shape index (κ2) is 5.13. The van der Waals surface area contributed by atoms with E-state index in [1.54, 1.807) is 6.20 Å². The molecule has 0 aliphatic carbocycles. The van der Waals surface area contributed by atoms with Crippen LogP contribution < -0.4 is 0 Å². The molecule has 0 bridgehead atoms.